The lowest BCUT2D eigenvalue weighted by Crippen LogP contribution is -2.38. The van der Waals surface area contributed by atoms with Crippen molar-refractivity contribution in [2.75, 3.05) is 51.8 Å². The SMILES string of the molecule is CCOc1ccc(CC(=O)N2CCCN(C(=O)c3ccc(N(C)C)cc3)CC2)cc1. The molecule has 1 fully saturated rings. The Morgan fingerprint density at radius 3 is 2.17 bits per heavy atom. The van der Waals surface area contributed by atoms with Crippen LogP contribution in [0.4, 0.5) is 5.69 Å². The first kappa shape index (κ1) is 21.7. The zero-order valence-electron chi connectivity index (χ0n) is 18.1. The maximum Gasteiger partial charge on any atom is 0.253 e. The van der Waals surface area contributed by atoms with Gasteiger partial charge in [-0.25, -0.2) is 0 Å². The van der Waals surface area contributed by atoms with E-state index >= 15 is 0 Å². The molecule has 0 N–H and O–H groups in total. The third-order valence-corrected chi connectivity index (χ3v) is 5.36. The van der Waals surface area contributed by atoms with E-state index in [2.05, 4.69) is 0 Å². The average Bonchev–Trinajstić information content (AvgIpc) is 3.01. The summed E-state index contributed by atoms with van der Waals surface area (Å²) in [5.41, 5.74) is 2.73. The van der Waals surface area contributed by atoms with Gasteiger partial charge in [0.2, 0.25) is 5.91 Å². The highest BCUT2D eigenvalue weighted by Gasteiger charge is 2.23. The van der Waals surface area contributed by atoms with E-state index in [1.165, 1.54) is 0 Å². The molecule has 6 heteroatoms. The Hall–Kier alpha value is -3.02. The Morgan fingerprint density at radius 2 is 1.53 bits per heavy atom. The highest BCUT2D eigenvalue weighted by molar-refractivity contribution is 5.94. The van der Waals surface area contributed by atoms with Crippen molar-refractivity contribution < 1.29 is 14.3 Å². The average molecular weight is 410 g/mol. The van der Waals surface area contributed by atoms with Gasteiger partial charge in [-0.3, -0.25) is 9.59 Å². The van der Waals surface area contributed by atoms with E-state index in [-0.39, 0.29) is 11.8 Å². The summed E-state index contributed by atoms with van der Waals surface area (Å²) >= 11 is 0. The van der Waals surface area contributed by atoms with E-state index < -0.39 is 0 Å². The molecule has 0 bridgehead atoms. The number of hydrogen-bond acceptors (Lipinski definition) is 4. The van der Waals surface area contributed by atoms with Crippen LogP contribution in [0, 0.1) is 0 Å². The Labute approximate surface area is 179 Å². The van der Waals surface area contributed by atoms with Gasteiger partial charge in [0.15, 0.2) is 0 Å². The van der Waals surface area contributed by atoms with Crippen LogP contribution in [0.1, 0.15) is 29.3 Å². The third kappa shape index (κ3) is 5.53. The van der Waals surface area contributed by atoms with Crippen molar-refractivity contribution in [2.24, 2.45) is 0 Å². The molecule has 0 unspecified atom stereocenters. The lowest BCUT2D eigenvalue weighted by Gasteiger charge is -2.22. The van der Waals surface area contributed by atoms with E-state index in [1.54, 1.807) is 0 Å². The minimum absolute atomic E-state index is 0.0288. The second kappa shape index (κ2) is 10.1. The van der Waals surface area contributed by atoms with Gasteiger partial charge in [0, 0.05) is 51.5 Å². The maximum absolute atomic E-state index is 12.9. The molecule has 0 aliphatic carbocycles. The number of hydrogen-bond donors (Lipinski definition) is 0. The van der Waals surface area contributed by atoms with Gasteiger partial charge in [-0.2, -0.15) is 0 Å². The van der Waals surface area contributed by atoms with Crippen molar-refractivity contribution in [2.45, 2.75) is 19.8 Å². The van der Waals surface area contributed by atoms with E-state index in [1.807, 2.05) is 84.2 Å². The molecule has 0 atom stereocenters. The number of carbonyl (C=O) groups is 2. The minimum atomic E-state index is 0.0288. The van der Waals surface area contributed by atoms with Gasteiger partial charge in [-0.05, 0) is 55.3 Å². The topological polar surface area (TPSA) is 53.1 Å². The third-order valence-electron chi connectivity index (χ3n) is 5.36. The minimum Gasteiger partial charge on any atom is -0.494 e. The highest BCUT2D eigenvalue weighted by Crippen LogP contribution is 2.16. The molecule has 1 heterocycles. The summed E-state index contributed by atoms with van der Waals surface area (Å²) in [6.07, 6.45) is 1.16. The van der Waals surface area contributed by atoms with Gasteiger partial charge < -0.3 is 19.4 Å². The second-order valence-corrected chi connectivity index (χ2v) is 7.72. The molecule has 160 valence electrons. The van der Waals surface area contributed by atoms with Crippen LogP contribution in [0.25, 0.3) is 0 Å². The fraction of sp³-hybridized carbons (Fsp3) is 0.417. The van der Waals surface area contributed by atoms with Crippen LogP contribution in [0.2, 0.25) is 0 Å². The molecular weight excluding hydrogens is 378 g/mol. The molecule has 1 saturated heterocycles. The molecule has 0 saturated carbocycles. The van der Waals surface area contributed by atoms with Crippen LogP contribution in [-0.4, -0.2) is 68.5 Å². The van der Waals surface area contributed by atoms with Gasteiger partial charge in [0.05, 0.1) is 13.0 Å². The lowest BCUT2D eigenvalue weighted by molar-refractivity contribution is -0.130. The summed E-state index contributed by atoms with van der Waals surface area (Å²) in [7, 11) is 3.95. The number of carbonyl (C=O) groups excluding carboxylic acids is 2. The molecule has 2 aromatic carbocycles. The van der Waals surface area contributed by atoms with Crippen LogP contribution in [0.5, 0.6) is 5.75 Å². The van der Waals surface area contributed by atoms with Crippen molar-refractivity contribution in [1.29, 1.82) is 0 Å². The van der Waals surface area contributed by atoms with Gasteiger partial charge >= 0.3 is 0 Å². The second-order valence-electron chi connectivity index (χ2n) is 7.72. The first-order valence-electron chi connectivity index (χ1n) is 10.5. The smallest absolute Gasteiger partial charge is 0.253 e. The van der Waals surface area contributed by atoms with Gasteiger partial charge in [-0.15, -0.1) is 0 Å². The first-order chi connectivity index (χ1) is 14.5. The van der Waals surface area contributed by atoms with Crippen molar-refractivity contribution in [3.05, 3.63) is 59.7 Å². The summed E-state index contributed by atoms with van der Waals surface area (Å²) < 4.78 is 5.45. The number of amides is 2. The molecule has 2 aromatic rings. The van der Waals surface area contributed by atoms with Crippen molar-refractivity contribution in [1.82, 2.24) is 9.80 Å². The molecule has 0 aromatic heterocycles. The zero-order chi connectivity index (χ0) is 21.5. The summed E-state index contributed by atoms with van der Waals surface area (Å²) in [6, 6.07) is 15.3. The standard InChI is InChI=1S/C24H31N3O3/c1-4-30-22-12-6-19(7-13-22)18-23(28)26-14-5-15-27(17-16-26)24(29)20-8-10-21(11-9-20)25(2)3/h6-13H,4-5,14-18H2,1-3H3. The molecule has 30 heavy (non-hydrogen) atoms. The quantitative estimate of drug-likeness (QED) is 0.736. The largest absolute Gasteiger partial charge is 0.494 e. The van der Waals surface area contributed by atoms with E-state index in [0.29, 0.717) is 44.8 Å². The number of rotatable bonds is 6. The van der Waals surface area contributed by atoms with E-state index in [9.17, 15) is 9.59 Å². The van der Waals surface area contributed by atoms with Gasteiger partial charge in [0.1, 0.15) is 5.75 Å². The summed E-state index contributed by atoms with van der Waals surface area (Å²) in [6.45, 7) is 5.05. The maximum atomic E-state index is 12.9. The Kier molecular flexibility index (Phi) is 7.33. The number of nitrogens with zero attached hydrogens (tertiary/aromatic N) is 3. The predicted molar refractivity (Wildman–Crippen MR) is 119 cm³/mol. The van der Waals surface area contributed by atoms with E-state index in [0.717, 1.165) is 23.4 Å². The van der Waals surface area contributed by atoms with E-state index in [4.69, 9.17) is 4.74 Å². The molecule has 1 aliphatic heterocycles. The molecule has 3 rings (SSSR count). The zero-order valence-corrected chi connectivity index (χ0v) is 18.1. The van der Waals surface area contributed by atoms with Crippen molar-refractivity contribution in [3.8, 4) is 5.75 Å². The van der Waals surface area contributed by atoms with Gasteiger partial charge in [-0.1, -0.05) is 12.1 Å². The van der Waals surface area contributed by atoms with Crippen molar-refractivity contribution in [3.63, 3.8) is 0 Å². The Balaban J connectivity index is 1.55. The van der Waals surface area contributed by atoms with Crippen LogP contribution in [0.3, 0.4) is 0 Å². The van der Waals surface area contributed by atoms with Crippen molar-refractivity contribution >= 4 is 17.5 Å². The normalized spacial score (nSPS) is 14.2. The van der Waals surface area contributed by atoms with Crippen LogP contribution >= 0.6 is 0 Å². The molecule has 6 nitrogen and oxygen atoms in total. The summed E-state index contributed by atoms with van der Waals surface area (Å²) in [5.74, 6) is 0.946. The Bertz CT molecular complexity index is 847. The first-order valence-corrected chi connectivity index (χ1v) is 10.5. The monoisotopic (exact) mass is 409 g/mol. The number of ether oxygens (including phenoxy) is 1. The van der Waals surface area contributed by atoms with Crippen LogP contribution in [-0.2, 0) is 11.2 Å². The van der Waals surface area contributed by atoms with Crippen LogP contribution in [0.15, 0.2) is 48.5 Å². The molecule has 1 aliphatic rings. The molecular formula is C24H31N3O3. The highest BCUT2D eigenvalue weighted by atomic mass is 16.5. The summed E-state index contributed by atoms with van der Waals surface area (Å²) in [4.78, 5) is 31.4. The number of benzene rings is 2. The number of anilines is 1. The van der Waals surface area contributed by atoms with Crippen LogP contribution < -0.4 is 9.64 Å². The fourth-order valence-electron chi connectivity index (χ4n) is 3.61. The Morgan fingerprint density at radius 1 is 0.900 bits per heavy atom. The lowest BCUT2D eigenvalue weighted by atomic mass is 10.1. The molecule has 0 spiro atoms. The molecule has 0 radical (unpaired) electrons. The predicted octanol–water partition coefficient (Wildman–Crippen LogP) is 3.07. The fourth-order valence-corrected chi connectivity index (χ4v) is 3.61. The van der Waals surface area contributed by atoms with Gasteiger partial charge in [0.25, 0.3) is 5.91 Å². The summed E-state index contributed by atoms with van der Waals surface area (Å²) in [5, 5.41) is 0. The molecule has 2 amide bonds.